The van der Waals surface area contributed by atoms with Gasteiger partial charge in [0.1, 0.15) is 6.04 Å². The minimum Gasteiger partial charge on any atom is -0.480 e. The first-order chi connectivity index (χ1) is 8.56. The van der Waals surface area contributed by atoms with Gasteiger partial charge in [-0.1, -0.05) is 19.0 Å². The fraction of sp³-hybridized carbons (Fsp3) is 0.750. The van der Waals surface area contributed by atoms with Crippen LogP contribution in [-0.4, -0.2) is 38.7 Å². The highest BCUT2D eigenvalue weighted by atomic mass is 16.5. The number of rotatable bonds is 5. The summed E-state index contributed by atoms with van der Waals surface area (Å²) in [5.74, 6) is 0.924. The Morgan fingerprint density at radius 1 is 1.61 bits per heavy atom. The molecule has 0 bridgehead atoms. The molecule has 6 heteroatoms. The van der Waals surface area contributed by atoms with Crippen molar-refractivity contribution < 1.29 is 14.4 Å². The zero-order chi connectivity index (χ0) is 13.1. The lowest BCUT2D eigenvalue weighted by atomic mass is 10.1. The van der Waals surface area contributed by atoms with Crippen molar-refractivity contribution >= 4 is 5.97 Å². The van der Waals surface area contributed by atoms with E-state index in [0.717, 1.165) is 19.4 Å². The van der Waals surface area contributed by atoms with Gasteiger partial charge in [0.15, 0.2) is 5.82 Å². The summed E-state index contributed by atoms with van der Waals surface area (Å²) in [4.78, 5) is 17.2. The quantitative estimate of drug-likeness (QED) is 0.852. The fourth-order valence-electron chi connectivity index (χ4n) is 2.27. The van der Waals surface area contributed by atoms with Crippen molar-refractivity contribution in [1.29, 1.82) is 0 Å². The van der Waals surface area contributed by atoms with Gasteiger partial charge in [-0.05, 0) is 25.3 Å². The number of likely N-dealkylation sites (tertiary alicyclic amines) is 1. The first-order valence-electron chi connectivity index (χ1n) is 6.34. The van der Waals surface area contributed by atoms with Gasteiger partial charge in [-0.2, -0.15) is 4.98 Å². The van der Waals surface area contributed by atoms with Gasteiger partial charge in [-0.25, -0.2) is 0 Å². The molecule has 1 aliphatic rings. The van der Waals surface area contributed by atoms with Crippen molar-refractivity contribution in [2.75, 3.05) is 6.54 Å². The van der Waals surface area contributed by atoms with Crippen LogP contribution in [0.15, 0.2) is 4.52 Å². The van der Waals surface area contributed by atoms with Crippen molar-refractivity contribution in [3.05, 3.63) is 11.7 Å². The Kier molecular flexibility index (Phi) is 3.96. The van der Waals surface area contributed by atoms with Crippen molar-refractivity contribution in [2.24, 2.45) is 5.92 Å². The maximum atomic E-state index is 11.0. The Labute approximate surface area is 106 Å². The number of nitrogens with zero attached hydrogens (tertiary/aromatic N) is 3. The topological polar surface area (TPSA) is 79.5 Å². The van der Waals surface area contributed by atoms with Crippen LogP contribution in [0.2, 0.25) is 0 Å². The van der Waals surface area contributed by atoms with Crippen LogP contribution in [0.1, 0.15) is 38.4 Å². The fourth-order valence-corrected chi connectivity index (χ4v) is 2.27. The highest BCUT2D eigenvalue weighted by molar-refractivity contribution is 5.73. The summed E-state index contributed by atoms with van der Waals surface area (Å²) in [7, 11) is 0. The Morgan fingerprint density at radius 2 is 2.39 bits per heavy atom. The zero-order valence-corrected chi connectivity index (χ0v) is 10.8. The lowest BCUT2D eigenvalue weighted by Crippen LogP contribution is -2.35. The molecule has 0 spiro atoms. The van der Waals surface area contributed by atoms with E-state index in [0.29, 0.717) is 30.6 Å². The second-order valence-electron chi connectivity index (χ2n) is 5.17. The smallest absolute Gasteiger partial charge is 0.320 e. The minimum atomic E-state index is -0.769. The Hall–Kier alpha value is -1.43. The van der Waals surface area contributed by atoms with E-state index < -0.39 is 12.0 Å². The van der Waals surface area contributed by atoms with E-state index in [-0.39, 0.29) is 0 Å². The molecule has 2 heterocycles. The van der Waals surface area contributed by atoms with Gasteiger partial charge in [0.2, 0.25) is 5.89 Å². The Balaban J connectivity index is 1.96. The molecular formula is C12H19N3O3. The van der Waals surface area contributed by atoms with E-state index in [1.807, 2.05) is 4.90 Å². The summed E-state index contributed by atoms with van der Waals surface area (Å²) >= 11 is 0. The summed E-state index contributed by atoms with van der Waals surface area (Å²) in [6.45, 7) is 5.40. The lowest BCUT2D eigenvalue weighted by molar-refractivity contribution is -0.142. The molecule has 1 aromatic heterocycles. The molecule has 1 fully saturated rings. The first kappa shape index (κ1) is 13.0. The first-order valence-corrected chi connectivity index (χ1v) is 6.34. The molecule has 1 aliphatic heterocycles. The van der Waals surface area contributed by atoms with E-state index in [1.54, 1.807) is 0 Å². The molecule has 6 nitrogen and oxygen atoms in total. The van der Waals surface area contributed by atoms with E-state index >= 15 is 0 Å². The second kappa shape index (κ2) is 5.48. The van der Waals surface area contributed by atoms with Crippen molar-refractivity contribution in [3.63, 3.8) is 0 Å². The monoisotopic (exact) mass is 253 g/mol. The molecule has 1 unspecified atom stereocenters. The summed E-state index contributed by atoms with van der Waals surface area (Å²) in [6, 6.07) is -0.412. The number of carboxylic acids is 1. The SMILES string of the molecule is CC(C)Cc1noc(CN2CCCC2C(=O)O)n1. The van der Waals surface area contributed by atoms with E-state index in [4.69, 9.17) is 9.63 Å². The van der Waals surface area contributed by atoms with Gasteiger partial charge in [0.25, 0.3) is 0 Å². The zero-order valence-electron chi connectivity index (χ0n) is 10.8. The minimum absolute atomic E-state index is 0.412. The van der Waals surface area contributed by atoms with Gasteiger partial charge >= 0.3 is 5.97 Å². The summed E-state index contributed by atoms with van der Waals surface area (Å²) in [6.07, 6.45) is 2.39. The van der Waals surface area contributed by atoms with Gasteiger partial charge in [-0.15, -0.1) is 0 Å². The predicted molar refractivity (Wildman–Crippen MR) is 63.9 cm³/mol. The van der Waals surface area contributed by atoms with E-state index in [1.165, 1.54) is 0 Å². The molecule has 0 radical (unpaired) electrons. The molecule has 1 saturated heterocycles. The third-order valence-corrected chi connectivity index (χ3v) is 3.09. The molecule has 1 atom stereocenters. The molecule has 100 valence electrons. The average Bonchev–Trinajstić information content (AvgIpc) is 2.87. The van der Waals surface area contributed by atoms with Crippen LogP contribution in [0.25, 0.3) is 0 Å². The van der Waals surface area contributed by atoms with Crippen LogP contribution in [-0.2, 0) is 17.8 Å². The van der Waals surface area contributed by atoms with E-state index in [9.17, 15) is 4.79 Å². The Morgan fingerprint density at radius 3 is 3.06 bits per heavy atom. The molecule has 0 aromatic carbocycles. The molecule has 1 N–H and O–H groups in total. The lowest BCUT2D eigenvalue weighted by Gasteiger charge is -2.18. The number of carboxylic acid groups (broad SMARTS) is 1. The third kappa shape index (κ3) is 3.07. The highest BCUT2D eigenvalue weighted by Crippen LogP contribution is 2.19. The number of aromatic nitrogens is 2. The normalized spacial score (nSPS) is 20.7. The molecule has 0 aliphatic carbocycles. The highest BCUT2D eigenvalue weighted by Gasteiger charge is 2.31. The van der Waals surface area contributed by atoms with Crippen LogP contribution >= 0.6 is 0 Å². The van der Waals surface area contributed by atoms with Crippen molar-refractivity contribution in [3.8, 4) is 0 Å². The Bertz CT molecular complexity index is 416. The maximum absolute atomic E-state index is 11.0. The number of hydrogen-bond acceptors (Lipinski definition) is 5. The molecular weight excluding hydrogens is 234 g/mol. The van der Waals surface area contributed by atoms with Gasteiger partial charge in [0.05, 0.1) is 6.54 Å². The van der Waals surface area contributed by atoms with Crippen molar-refractivity contribution in [2.45, 2.75) is 45.7 Å². The number of aliphatic carboxylic acids is 1. The second-order valence-corrected chi connectivity index (χ2v) is 5.17. The summed E-state index contributed by atoms with van der Waals surface area (Å²) < 4.78 is 5.16. The number of hydrogen-bond donors (Lipinski definition) is 1. The summed E-state index contributed by atoms with van der Waals surface area (Å²) in [5, 5.41) is 13.0. The van der Waals surface area contributed by atoms with Crippen LogP contribution < -0.4 is 0 Å². The van der Waals surface area contributed by atoms with E-state index in [2.05, 4.69) is 24.0 Å². The molecule has 18 heavy (non-hydrogen) atoms. The molecule has 2 rings (SSSR count). The standard InChI is InChI=1S/C12H19N3O3/c1-8(2)6-10-13-11(18-14-10)7-15-5-3-4-9(15)12(16)17/h8-9H,3-7H2,1-2H3,(H,16,17). The maximum Gasteiger partial charge on any atom is 0.320 e. The van der Waals surface area contributed by atoms with Gasteiger partial charge in [-0.3, -0.25) is 9.69 Å². The van der Waals surface area contributed by atoms with Crippen LogP contribution in [0.3, 0.4) is 0 Å². The third-order valence-electron chi connectivity index (χ3n) is 3.09. The van der Waals surface area contributed by atoms with Crippen molar-refractivity contribution in [1.82, 2.24) is 15.0 Å². The van der Waals surface area contributed by atoms with Gasteiger partial charge < -0.3 is 9.63 Å². The summed E-state index contributed by atoms with van der Waals surface area (Å²) in [5.41, 5.74) is 0. The number of carbonyl (C=O) groups is 1. The van der Waals surface area contributed by atoms with Gasteiger partial charge in [0, 0.05) is 6.42 Å². The van der Waals surface area contributed by atoms with Crippen LogP contribution in [0.4, 0.5) is 0 Å². The predicted octanol–water partition coefficient (Wildman–Crippen LogP) is 1.32. The molecule has 0 amide bonds. The largest absolute Gasteiger partial charge is 0.480 e. The molecule has 1 aromatic rings. The average molecular weight is 253 g/mol. The van der Waals surface area contributed by atoms with Crippen LogP contribution in [0, 0.1) is 5.92 Å². The molecule has 0 saturated carbocycles. The van der Waals surface area contributed by atoms with Crippen LogP contribution in [0.5, 0.6) is 0 Å².